The Hall–Kier alpha value is -3.24. The van der Waals surface area contributed by atoms with Crippen molar-refractivity contribution in [3.8, 4) is 0 Å². The van der Waals surface area contributed by atoms with Crippen LogP contribution >= 0.6 is 0 Å². The van der Waals surface area contributed by atoms with Crippen molar-refractivity contribution in [3.05, 3.63) is 65.6 Å². The second-order valence-corrected chi connectivity index (χ2v) is 12.8. The maximum atomic E-state index is 13.4. The number of nitrogens with one attached hydrogen (secondary N) is 1. The number of carbonyl (C=O) groups is 2. The molecule has 1 N–H and O–H groups in total. The first-order valence-corrected chi connectivity index (χ1v) is 16.0. The third kappa shape index (κ3) is 6.48. The summed E-state index contributed by atoms with van der Waals surface area (Å²) >= 11 is 0. The Morgan fingerprint density at radius 2 is 1.76 bits per heavy atom. The highest BCUT2D eigenvalue weighted by molar-refractivity contribution is 7.89. The van der Waals surface area contributed by atoms with Crippen molar-refractivity contribution in [2.24, 2.45) is 13.0 Å². The number of aromatic nitrogens is 1. The third-order valence-corrected chi connectivity index (χ3v) is 10.0. The summed E-state index contributed by atoms with van der Waals surface area (Å²) in [5, 5.41) is 0.908. The van der Waals surface area contributed by atoms with Crippen molar-refractivity contribution in [3.63, 3.8) is 0 Å². The molecule has 2 aliphatic rings. The van der Waals surface area contributed by atoms with Gasteiger partial charge in [-0.2, -0.15) is 0 Å². The van der Waals surface area contributed by atoms with Crippen LogP contribution in [0.25, 0.3) is 10.9 Å². The summed E-state index contributed by atoms with van der Waals surface area (Å²) in [4.78, 5) is 27.3. The first kappa shape index (κ1) is 29.3. The molecule has 1 aromatic heterocycles. The standard InChI is InChI=1S/C31H38FN3O5S/c1-3-40-30(36)17-15-26-19-23-10-16-27(20-29(23)34(26)2)41(38,39)33-25-13-8-22(9-14-25)31(37)35-18-4-5-28(35)21-6-11-24(32)12-7-21/h6-7,10-12,16,19-20,22,25,28,33H,3-5,8-9,13-15,17-18H2,1-2H3/t22-,25-,28?. The molecule has 1 aliphatic carbocycles. The number of ether oxygens (including phenoxy) is 1. The van der Waals surface area contributed by atoms with E-state index in [9.17, 15) is 22.4 Å². The van der Waals surface area contributed by atoms with Crippen LogP contribution in [0.5, 0.6) is 0 Å². The summed E-state index contributed by atoms with van der Waals surface area (Å²) in [6.45, 7) is 2.81. The van der Waals surface area contributed by atoms with E-state index < -0.39 is 10.0 Å². The van der Waals surface area contributed by atoms with E-state index in [4.69, 9.17) is 4.74 Å². The summed E-state index contributed by atoms with van der Waals surface area (Å²) in [6, 6.07) is 13.2. The maximum absolute atomic E-state index is 13.4. The van der Waals surface area contributed by atoms with Crippen LogP contribution in [0.2, 0.25) is 0 Å². The predicted octanol–water partition coefficient (Wildman–Crippen LogP) is 5.01. The second kappa shape index (κ2) is 12.3. The van der Waals surface area contributed by atoms with E-state index >= 15 is 0 Å². The van der Waals surface area contributed by atoms with Crippen LogP contribution in [0.3, 0.4) is 0 Å². The van der Waals surface area contributed by atoms with Crippen LogP contribution in [0.15, 0.2) is 53.4 Å². The number of likely N-dealkylation sites (tertiary alicyclic amines) is 1. The number of hydrogen-bond donors (Lipinski definition) is 1. The summed E-state index contributed by atoms with van der Waals surface area (Å²) < 4.78 is 49.8. The molecule has 1 saturated heterocycles. The Labute approximate surface area is 240 Å². The average molecular weight is 584 g/mol. The van der Waals surface area contributed by atoms with Crippen molar-refractivity contribution >= 4 is 32.8 Å². The molecule has 220 valence electrons. The summed E-state index contributed by atoms with van der Waals surface area (Å²) in [5.41, 5.74) is 2.67. The van der Waals surface area contributed by atoms with E-state index in [1.807, 2.05) is 22.6 Å². The van der Waals surface area contributed by atoms with Crippen molar-refractivity contribution in [1.29, 1.82) is 0 Å². The van der Waals surface area contributed by atoms with Gasteiger partial charge in [-0.15, -0.1) is 0 Å². The van der Waals surface area contributed by atoms with Crippen LogP contribution in [0.4, 0.5) is 4.39 Å². The molecule has 2 aromatic carbocycles. The summed E-state index contributed by atoms with van der Waals surface area (Å²) in [5.74, 6) is -0.560. The number of amides is 1. The monoisotopic (exact) mass is 583 g/mol. The topological polar surface area (TPSA) is 97.7 Å². The van der Waals surface area contributed by atoms with E-state index in [-0.39, 0.29) is 47.0 Å². The zero-order chi connectivity index (χ0) is 29.1. The molecule has 2 heterocycles. The van der Waals surface area contributed by atoms with Crippen LogP contribution in [-0.4, -0.2) is 49.0 Å². The van der Waals surface area contributed by atoms with Crippen LogP contribution in [0.1, 0.15) is 69.2 Å². The van der Waals surface area contributed by atoms with E-state index in [0.717, 1.165) is 35.0 Å². The van der Waals surface area contributed by atoms with Gasteiger partial charge in [-0.1, -0.05) is 18.2 Å². The molecule has 41 heavy (non-hydrogen) atoms. The minimum atomic E-state index is -3.76. The Morgan fingerprint density at radius 1 is 1.02 bits per heavy atom. The number of carbonyl (C=O) groups excluding carboxylic acids is 2. The van der Waals surface area contributed by atoms with Crippen LogP contribution < -0.4 is 4.72 Å². The highest BCUT2D eigenvalue weighted by atomic mass is 32.2. The number of aryl methyl sites for hydroxylation is 2. The number of sulfonamides is 1. The lowest BCUT2D eigenvalue weighted by Gasteiger charge is -2.33. The SMILES string of the molecule is CCOC(=O)CCc1cc2ccc(S(=O)(=O)N[C@H]3CC[C@H](C(=O)N4CCCC4c4ccc(F)cc4)CC3)cc2n1C. The molecule has 2 fully saturated rings. The molecule has 1 unspecified atom stereocenters. The summed E-state index contributed by atoms with van der Waals surface area (Å²) in [7, 11) is -1.89. The first-order chi connectivity index (χ1) is 19.7. The van der Waals surface area contributed by atoms with Gasteiger partial charge in [0.15, 0.2) is 0 Å². The molecule has 3 aromatic rings. The Bertz CT molecular complexity index is 1510. The largest absolute Gasteiger partial charge is 0.466 e. The molecule has 8 nitrogen and oxygen atoms in total. The fraction of sp³-hybridized carbons (Fsp3) is 0.484. The lowest BCUT2D eigenvalue weighted by atomic mass is 9.85. The first-order valence-electron chi connectivity index (χ1n) is 14.5. The third-order valence-electron chi connectivity index (χ3n) is 8.51. The normalized spacial score (nSPS) is 21.3. The molecule has 1 atom stereocenters. The fourth-order valence-corrected chi connectivity index (χ4v) is 7.60. The highest BCUT2D eigenvalue weighted by Gasteiger charge is 2.36. The van der Waals surface area contributed by atoms with Gasteiger partial charge in [0.05, 0.1) is 24.0 Å². The quantitative estimate of drug-likeness (QED) is 0.357. The van der Waals surface area contributed by atoms with Crippen molar-refractivity contribution in [1.82, 2.24) is 14.2 Å². The molecule has 5 rings (SSSR count). The van der Waals surface area contributed by atoms with E-state index in [1.54, 1.807) is 37.3 Å². The number of fused-ring (bicyclic) bond motifs is 1. The second-order valence-electron chi connectivity index (χ2n) is 11.1. The molecule has 0 bridgehead atoms. The molecule has 0 radical (unpaired) electrons. The Morgan fingerprint density at radius 3 is 2.46 bits per heavy atom. The van der Waals surface area contributed by atoms with Crippen LogP contribution in [-0.2, 0) is 37.8 Å². The van der Waals surface area contributed by atoms with Gasteiger partial charge in [0.25, 0.3) is 0 Å². The van der Waals surface area contributed by atoms with Gasteiger partial charge in [0.2, 0.25) is 15.9 Å². The van der Waals surface area contributed by atoms with Gasteiger partial charge >= 0.3 is 5.97 Å². The van der Waals surface area contributed by atoms with Gasteiger partial charge in [-0.3, -0.25) is 9.59 Å². The molecular formula is C31H38FN3O5S. The Balaban J connectivity index is 1.19. The fourth-order valence-electron chi connectivity index (χ4n) is 6.28. The van der Waals surface area contributed by atoms with Crippen molar-refractivity contribution < 1.29 is 27.1 Å². The number of halogens is 1. The zero-order valence-corrected chi connectivity index (χ0v) is 24.5. The smallest absolute Gasteiger partial charge is 0.306 e. The number of esters is 1. The highest BCUT2D eigenvalue weighted by Crippen LogP contribution is 2.36. The molecule has 1 aliphatic heterocycles. The van der Waals surface area contributed by atoms with Gasteiger partial charge in [0.1, 0.15) is 5.82 Å². The van der Waals surface area contributed by atoms with Gasteiger partial charge < -0.3 is 14.2 Å². The summed E-state index contributed by atoms with van der Waals surface area (Å²) in [6.07, 6.45) is 4.99. The molecular weight excluding hydrogens is 545 g/mol. The van der Waals surface area contributed by atoms with Gasteiger partial charge in [-0.25, -0.2) is 17.5 Å². The zero-order valence-electron chi connectivity index (χ0n) is 23.6. The van der Waals surface area contributed by atoms with Crippen LogP contribution in [0, 0.1) is 11.7 Å². The lowest BCUT2D eigenvalue weighted by molar-refractivity contribution is -0.143. The average Bonchev–Trinajstić information content (AvgIpc) is 3.57. The van der Waals surface area contributed by atoms with Crippen molar-refractivity contribution in [2.45, 2.75) is 75.3 Å². The van der Waals surface area contributed by atoms with Crippen molar-refractivity contribution in [2.75, 3.05) is 13.2 Å². The molecule has 0 spiro atoms. The minimum absolute atomic E-state index is 0.0302. The number of nitrogens with zero attached hydrogens (tertiary/aromatic N) is 2. The van der Waals surface area contributed by atoms with Gasteiger partial charge in [-0.05, 0) is 93.2 Å². The number of hydrogen-bond acceptors (Lipinski definition) is 5. The van der Waals surface area contributed by atoms with E-state index in [2.05, 4.69) is 4.72 Å². The number of rotatable bonds is 9. The Kier molecular flexibility index (Phi) is 8.79. The molecule has 1 saturated carbocycles. The lowest BCUT2D eigenvalue weighted by Crippen LogP contribution is -2.42. The van der Waals surface area contributed by atoms with E-state index in [0.29, 0.717) is 45.3 Å². The molecule has 1 amide bonds. The van der Waals surface area contributed by atoms with E-state index in [1.165, 1.54) is 12.1 Å². The molecule has 10 heteroatoms. The number of benzene rings is 2. The maximum Gasteiger partial charge on any atom is 0.306 e. The van der Waals surface area contributed by atoms with Gasteiger partial charge in [0, 0.05) is 36.8 Å². The minimum Gasteiger partial charge on any atom is -0.466 e. The predicted molar refractivity (Wildman–Crippen MR) is 154 cm³/mol.